The van der Waals surface area contributed by atoms with Gasteiger partial charge in [0.25, 0.3) is 5.91 Å². The van der Waals surface area contributed by atoms with Crippen LogP contribution in [-0.2, 0) is 6.18 Å². The number of benzene rings is 2. The van der Waals surface area contributed by atoms with Crippen molar-refractivity contribution in [3.05, 3.63) is 59.7 Å². The van der Waals surface area contributed by atoms with Crippen molar-refractivity contribution in [2.45, 2.75) is 6.18 Å². The van der Waals surface area contributed by atoms with Crippen molar-refractivity contribution in [1.82, 2.24) is 15.5 Å². The van der Waals surface area contributed by atoms with Gasteiger partial charge < -0.3 is 25.5 Å². The van der Waals surface area contributed by atoms with Gasteiger partial charge in [0.15, 0.2) is 5.96 Å². The minimum atomic E-state index is -4.43. The van der Waals surface area contributed by atoms with E-state index in [1.807, 2.05) is 12.1 Å². The second-order valence-corrected chi connectivity index (χ2v) is 7.27. The first-order valence-electron chi connectivity index (χ1n) is 10.2. The summed E-state index contributed by atoms with van der Waals surface area (Å²) in [5, 5.41) is 15.9. The van der Waals surface area contributed by atoms with E-state index in [1.54, 1.807) is 19.2 Å². The molecule has 0 unspecified atom stereocenters. The van der Waals surface area contributed by atoms with E-state index in [4.69, 9.17) is 0 Å². The van der Waals surface area contributed by atoms with E-state index >= 15 is 0 Å². The van der Waals surface area contributed by atoms with Crippen molar-refractivity contribution >= 4 is 17.6 Å². The quantitative estimate of drug-likeness (QED) is 0.372. The van der Waals surface area contributed by atoms with Crippen LogP contribution in [0.15, 0.2) is 53.5 Å². The molecule has 0 spiro atoms. The van der Waals surface area contributed by atoms with Crippen LogP contribution in [0.5, 0.6) is 5.75 Å². The number of aromatic hydroxyl groups is 1. The average molecular weight is 449 g/mol. The third-order valence-corrected chi connectivity index (χ3v) is 5.18. The molecule has 0 atom stereocenters. The maximum Gasteiger partial charge on any atom is 0.416 e. The van der Waals surface area contributed by atoms with E-state index in [0.717, 1.165) is 43.0 Å². The summed E-state index contributed by atoms with van der Waals surface area (Å²) in [4.78, 5) is 20.6. The molecule has 2 aromatic carbocycles. The Labute approximate surface area is 184 Å². The summed E-state index contributed by atoms with van der Waals surface area (Å²) < 4.78 is 37.9. The predicted octanol–water partition coefficient (Wildman–Crippen LogP) is 2.54. The highest BCUT2D eigenvalue weighted by Crippen LogP contribution is 2.29. The molecule has 1 aliphatic rings. The zero-order chi connectivity index (χ0) is 23.1. The molecule has 0 bridgehead atoms. The second-order valence-electron chi connectivity index (χ2n) is 7.27. The fraction of sp³-hybridized carbons (Fsp3) is 0.364. The lowest BCUT2D eigenvalue weighted by atomic mass is 10.1. The number of amides is 1. The molecule has 1 aliphatic heterocycles. The smallest absolute Gasteiger partial charge is 0.416 e. The number of halogens is 3. The molecule has 10 heteroatoms. The molecule has 32 heavy (non-hydrogen) atoms. The minimum Gasteiger partial charge on any atom is -0.506 e. The summed E-state index contributed by atoms with van der Waals surface area (Å²) in [6, 6.07) is 11.3. The zero-order valence-electron chi connectivity index (χ0n) is 17.7. The Morgan fingerprint density at radius 3 is 2.22 bits per heavy atom. The van der Waals surface area contributed by atoms with E-state index in [9.17, 15) is 23.1 Å². The first-order chi connectivity index (χ1) is 15.3. The molecular formula is C22H26F3N5O2. The Bertz CT molecular complexity index is 939. The van der Waals surface area contributed by atoms with Crippen molar-refractivity contribution in [3.63, 3.8) is 0 Å². The van der Waals surface area contributed by atoms with Crippen LogP contribution in [0, 0.1) is 0 Å². The normalized spacial score (nSPS) is 14.9. The predicted molar refractivity (Wildman–Crippen MR) is 117 cm³/mol. The largest absolute Gasteiger partial charge is 0.506 e. The molecule has 7 nitrogen and oxygen atoms in total. The highest BCUT2D eigenvalue weighted by molar-refractivity contribution is 5.94. The van der Waals surface area contributed by atoms with Crippen molar-refractivity contribution < 1.29 is 23.1 Å². The van der Waals surface area contributed by atoms with Gasteiger partial charge in [0.05, 0.1) is 11.3 Å². The molecule has 0 aromatic heterocycles. The summed E-state index contributed by atoms with van der Waals surface area (Å²) in [6.45, 7) is 3.58. The standard InChI is InChI=1S/C22H26F3N5O2/c1-26-21(30-14-12-29(13-15-30)18-4-2-3-5-19(18)31)28-11-10-27-20(32)16-6-8-17(9-7-16)22(23,24)25/h2-9,31H,10-15H2,1H3,(H,26,28)(H,27,32). The van der Waals surface area contributed by atoms with Gasteiger partial charge >= 0.3 is 6.18 Å². The number of phenolic OH excluding ortho intramolecular Hbond substituents is 1. The van der Waals surface area contributed by atoms with Crippen molar-refractivity contribution in [1.29, 1.82) is 0 Å². The molecular weight excluding hydrogens is 423 g/mol. The highest BCUT2D eigenvalue weighted by Gasteiger charge is 2.30. The number of aliphatic imine (C=N–C) groups is 1. The van der Waals surface area contributed by atoms with Crippen LogP contribution in [0.1, 0.15) is 15.9 Å². The lowest BCUT2D eigenvalue weighted by molar-refractivity contribution is -0.137. The average Bonchev–Trinajstić information content (AvgIpc) is 2.79. The van der Waals surface area contributed by atoms with Gasteiger partial charge in [-0.15, -0.1) is 0 Å². The van der Waals surface area contributed by atoms with Crippen LogP contribution in [0.3, 0.4) is 0 Å². The molecule has 1 fully saturated rings. The second kappa shape index (κ2) is 10.3. The maximum absolute atomic E-state index is 12.6. The van der Waals surface area contributed by atoms with Crippen LogP contribution < -0.4 is 15.5 Å². The molecule has 172 valence electrons. The number of nitrogens with one attached hydrogen (secondary N) is 2. The van der Waals surface area contributed by atoms with Gasteiger partial charge in [0, 0.05) is 51.9 Å². The Balaban J connectivity index is 1.42. The molecule has 0 radical (unpaired) electrons. The topological polar surface area (TPSA) is 80.2 Å². The number of hydrogen-bond acceptors (Lipinski definition) is 4. The molecule has 0 saturated carbocycles. The van der Waals surface area contributed by atoms with Gasteiger partial charge in [-0.1, -0.05) is 12.1 Å². The number of guanidine groups is 1. The molecule has 2 aromatic rings. The molecule has 1 amide bonds. The number of nitrogens with zero attached hydrogens (tertiary/aromatic N) is 3. The van der Waals surface area contributed by atoms with Gasteiger partial charge in [-0.2, -0.15) is 13.2 Å². The van der Waals surface area contributed by atoms with E-state index in [0.29, 0.717) is 25.6 Å². The number of carbonyl (C=O) groups excluding carboxylic acids is 1. The number of alkyl halides is 3. The third kappa shape index (κ3) is 5.83. The lowest BCUT2D eigenvalue weighted by Gasteiger charge is -2.37. The number of para-hydroxylation sites is 2. The van der Waals surface area contributed by atoms with Crippen LogP contribution in [-0.4, -0.2) is 68.2 Å². The van der Waals surface area contributed by atoms with E-state index in [1.165, 1.54) is 0 Å². The van der Waals surface area contributed by atoms with Crippen LogP contribution in [0.25, 0.3) is 0 Å². The number of rotatable bonds is 5. The van der Waals surface area contributed by atoms with E-state index in [2.05, 4.69) is 25.4 Å². The number of anilines is 1. The number of hydrogen-bond donors (Lipinski definition) is 3. The SMILES string of the molecule is CN=C(NCCNC(=O)c1ccc(C(F)(F)F)cc1)N1CCN(c2ccccc2O)CC1. The highest BCUT2D eigenvalue weighted by atomic mass is 19.4. The Morgan fingerprint density at radius 2 is 1.62 bits per heavy atom. The molecule has 3 rings (SSSR count). The van der Waals surface area contributed by atoms with Gasteiger partial charge in [-0.3, -0.25) is 9.79 Å². The number of piperazine rings is 1. The van der Waals surface area contributed by atoms with Crippen molar-refractivity contribution in [2.24, 2.45) is 4.99 Å². The molecule has 0 aliphatic carbocycles. The van der Waals surface area contributed by atoms with Crippen LogP contribution >= 0.6 is 0 Å². The lowest BCUT2D eigenvalue weighted by Crippen LogP contribution is -2.53. The number of phenols is 1. The van der Waals surface area contributed by atoms with Crippen LogP contribution in [0.4, 0.5) is 18.9 Å². The number of carbonyl (C=O) groups is 1. The molecule has 3 N–H and O–H groups in total. The van der Waals surface area contributed by atoms with Gasteiger partial charge in [0.1, 0.15) is 5.75 Å². The summed E-state index contributed by atoms with van der Waals surface area (Å²) in [6.07, 6.45) is -4.43. The molecule has 1 saturated heterocycles. The first kappa shape index (κ1) is 23.2. The summed E-state index contributed by atoms with van der Waals surface area (Å²) in [7, 11) is 1.68. The first-order valence-corrected chi connectivity index (χ1v) is 10.2. The fourth-order valence-electron chi connectivity index (χ4n) is 3.49. The Morgan fingerprint density at radius 1 is 1.00 bits per heavy atom. The van der Waals surface area contributed by atoms with Crippen molar-refractivity contribution in [3.8, 4) is 5.75 Å². The van der Waals surface area contributed by atoms with Gasteiger partial charge in [-0.05, 0) is 36.4 Å². The summed E-state index contributed by atoms with van der Waals surface area (Å²) in [5.74, 6) is 0.518. The fourth-order valence-corrected chi connectivity index (χ4v) is 3.49. The summed E-state index contributed by atoms with van der Waals surface area (Å²) >= 11 is 0. The Kier molecular flexibility index (Phi) is 7.45. The maximum atomic E-state index is 12.6. The van der Waals surface area contributed by atoms with Crippen molar-refractivity contribution in [2.75, 3.05) is 51.2 Å². The van der Waals surface area contributed by atoms with Gasteiger partial charge in [0.2, 0.25) is 0 Å². The Hall–Kier alpha value is -3.43. The minimum absolute atomic E-state index is 0.169. The van der Waals surface area contributed by atoms with E-state index in [-0.39, 0.29) is 17.9 Å². The summed E-state index contributed by atoms with van der Waals surface area (Å²) in [5.41, 5.74) is 0.186. The molecule has 1 heterocycles. The zero-order valence-corrected chi connectivity index (χ0v) is 17.7. The third-order valence-electron chi connectivity index (χ3n) is 5.18. The monoisotopic (exact) mass is 449 g/mol. The van der Waals surface area contributed by atoms with Crippen LogP contribution in [0.2, 0.25) is 0 Å². The van der Waals surface area contributed by atoms with E-state index < -0.39 is 17.6 Å². The van der Waals surface area contributed by atoms with Gasteiger partial charge in [-0.25, -0.2) is 0 Å².